The minimum Gasteiger partial charge on any atom is -0.391 e. The molecule has 158 valence electrons. The van der Waals surface area contributed by atoms with E-state index >= 15 is 0 Å². The summed E-state index contributed by atoms with van der Waals surface area (Å²) in [6.07, 6.45) is -1.50. The summed E-state index contributed by atoms with van der Waals surface area (Å²) in [4.78, 5) is 14.9. The first-order valence-electron chi connectivity index (χ1n) is 9.62. The van der Waals surface area contributed by atoms with Gasteiger partial charge in [-0.1, -0.05) is 13.3 Å². The van der Waals surface area contributed by atoms with Crippen molar-refractivity contribution in [1.29, 1.82) is 0 Å². The van der Waals surface area contributed by atoms with E-state index in [1.165, 1.54) is 18.7 Å². The lowest BCUT2D eigenvalue weighted by atomic mass is 9.92. The van der Waals surface area contributed by atoms with Gasteiger partial charge in [0.1, 0.15) is 29.9 Å². The molecule has 2 aliphatic rings. The van der Waals surface area contributed by atoms with E-state index in [4.69, 9.17) is 4.74 Å². The van der Waals surface area contributed by atoms with Crippen LogP contribution in [-0.4, -0.2) is 99.1 Å². The number of nitrogens with one attached hydrogen (secondary N) is 1. The molecule has 0 aliphatic carbocycles. The summed E-state index contributed by atoms with van der Waals surface area (Å²) in [5.41, 5.74) is -0.755. The molecule has 0 aromatic rings. The molecule has 9 heteroatoms. The fourth-order valence-corrected chi connectivity index (χ4v) is 4.81. The topological polar surface area (TPSA) is 122 Å². The van der Waals surface area contributed by atoms with Crippen LogP contribution in [0.25, 0.3) is 0 Å². The van der Waals surface area contributed by atoms with Gasteiger partial charge in [0.05, 0.1) is 18.2 Å². The predicted octanol–water partition coefficient (Wildman–Crippen LogP) is -0.857. The Bertz CT molecular complexity index is 494. The van der Waals surface area contributed by atoms with Crippen molar-refractivity contribution in [2.45, 2.75) is 81.1 Å². The standard InChI is InChI=1S/C18H34N2O6S/c1-5-6-10-7-11(20(3)8-10)17(25)19-12(9(2)21)16-14(23)13(22)15(24)18(26-16)27-4/h9-16,18,21-24H,5-8H2,1-4H3,(H,19,25)/t9-,10-,11-,12+,13+,14+,15-,16+,18-/m1/s1. The molecule has 9 atom stereocenters. The van der Waals surface area contributed by atoms with Gasteiger partial charge in [-0.3, -0.25) is 9.69 Å². The molecule has 5 N–H and O–H groups in total. The van der Waals surface area contributed by atoms with Crippen LogP contribution in [0.5, 0.6) is 0 Å². The fraction of sp³-hybridized carbons (Fsp3) is 0.944. The number of aliphatic hydroxyl groups is 4. The highest BCUT2D eigenvalue weighted by atomic mass is 32.2. The van der Waals surface area contributed by atoms with E-state index in [-0.39, 0.29) is 11.9 Å². The summed E-state index contributed by atoms with van der Waals surface area (Å²) in [5, 5.41) is 43.5. The molecule has 0 aromatic heterocycles. The number of likely N-dealkylation sites (N-methyl/N-ethyl adjacent to an activating group) is 1. The van der Waals surface area contributed by atoms with Crippen molar-refractivity contribution < 1.29 is 30.0 Å². The maximum atomic E-state index is 12.8. The Morgan fingerprint density at radius 1 is 1.30 bits per heavy atom. The Balaban J connectivity index is 2.09. The highest BCUT2D eigenvalue weighted by Gasteiger charge is 2.48. The Labute approximate surface area is 165 Å². The van der Waals surface area contributed by atoms with E-state index in [9.17, 15) is 25.2 Å². The van der Waals surface area contributed by atoms with Gasteiger partial charge in [-0.05, 0) is 39.0 Å². The van der Waals surface area contributed by atoms with Crippen LogP contribution in [0.4, 0.5) is 0 Å². The van der Waals surface area contributed by atoms with Gasteiger partial charge in [0.15, 0.2) is 0 Å². The van der Waals surface area contributed by atoms with E-state index in [1.54, 1.807) is 6.26 Å². The normalized spacial score (nSPS) is 39.9. The van der Waals surface area contributed by atoms with Crippen molar-refractivity contribution in [2.75, 3.05) is 19.8 Å². The molecule has 0 unspecified atom stereocenters. The van der Waals surface area contributed by atoms with Gasteiger partial charge in [-0.15, -0.1) is 11.8 Å². The van der Waals surface area contributed by atoms with E-state index in [0.29, 0.717) is 5.92 Å². The highest BCUT2D eigenvalue weighted by Crippen LogP contribution is 2.30. The largest absolute Gasteiger partial charge is 0.391 e. The average molecular weight is 407 g/mol. The smallest absolute Gasteiger partial charge is 0.237 e. The average Bonchev–Trinajstić information content (AvgIpc) is 2.99. The molecule has 0 spiro atoms. The van der Waals surface area contributed by atoms with Crippen molar-refractivity contribution in [3.63, 3.8) is 0 Å². The predicted molar refractivity (Wildman–Crippen MR) is 103 cm³/mol. The van der Waals surface area contributed by atoms with Crippen molar-refractivity contribution in [2.24, 2.45) is 5.92 Å². The number of carbonyl (C=O) groups is 1. The zero-order chi connectivity index (χ0) is 20.3. The van der Waals surface area contributed by atoms with E-state index in [1.807, 2.05) is 11.9 Å². The third-order valence-electron chi connectivity index (χ3n) is 5.66. The Kier molecular flexibility index (Phi) is 8.35. The Morgan fingerprint density at radius 2 is 1.96 bits per heavy atom. The molecule has 2 saturated heterocycles. The van der Waals surface area contributed by atoms with Crippen LogP contribution < -0.4 is 5.32 Å². The maximum absolute atomic E-state index is 12.8. The fourth-order valence-electron chi connectivity index (χ4n) is 4.13. The second-order valence-corrected chi connectivity index (χ2v) is 8.73. The number of likely N-dealkylation sites (tertiary alicyclic amines) is 1. The summed E-state index contributed by atoms with van der Waals surface area (Å²) >= 11 is 1.20. The molecule has 27 heavy (non-hydrogen) atoms. The monoisotopic (exact) mass is 406 g/mol. The van der Waals surface area contributed by atoms with Gasteiger partial charge >= 0.3 is 0 Å². The zero-order valence-corrected chi connectivity index (χ0v) is 17.3. The number of rotatable bonds is 7. The molecule has 2 fully saturated rings. The van der Waals surface area contributed by atoms with Crippen LogP contribution in [0.3, 0.4) is 0 Å². The number of hydrogen-bond donors (Lipinski definition) is 5. The second kappa shape index (κ2) is 9.87. The van der Waals surface area contributed by atoms with Crippen LogP contribution in [0.15, 0.2) is 0 Å². The van der Waals surface area contributed by atoms with Crippen LogP contribution in [0, 0.1) is 5.92 Å². The van der Waals surface area contributed by atoms with Crippen LogP contribution in [0.2, 0.25) is 0 Å². The molecule has 8 nitrogen and oxygen atoms in total. The Morgan fingerprint density at radius 3 is 2.52 bits per heavy atom. The third-order valence-corrected chi connectivity index (χ3v) is 6.51. The van der Waals surface area contributed by atoms with E-state index in [0.717, 1.165) is 25.8 Å². The molecule has 0 bridgehead atoms. The first-order chi connectivity index (χ1) is 12.7. The first-order valence-corrected chi connectivity index (χ1v) is 10.9. The molecular formula is C18H34N2O6S. The van der Waals surface area contributed by atoms with Crippen molar-refractivity contribution in [3.05, 3.63) is 0 Å². The minimum absolute atomic E-state index is 0.223. The molecule has 0 radical (unpaired) electrons. The molecule has 1 amide bonds. The number of thioether (sulfide) groups is 1. The molecule has 0 saturated carbocycles. The lowest BCUT2D eigenvalue weighted by Crippen LogP contribution is -2.65. The highest BCUT2D eigenvalue weighted by molar-refractivity contribution is 7.99. The maximum Gasteiger partial charge on any atom is 0.237 e. The van der Waals surface area contributed by atoms with Gasteiger partial charge in [0.2, 0.25) is 5.91 Å². The van der Waals surface area contributed by atoms with Gasteiger partial charge in [-0.2, -0.15) is 0 Å². The van der Waals surface area contributed by atoms with Crippen LogP contribution in [0.1, 0.15) is 33.1 Å². The van der Waals surface area contributed by atoms with Gasteiger partial charge < -0.3 is 30.5 Å². The quantitative estimate of drug-likeness (QED) is 0.370. The number of aliphatic hydroxyl groups excluding tert-OH is 4. The zero-order valence-electron chi connectivity index (χ0n) is 16.5. The minimum atomic E-state index is -1.42. The number of nitrogens with zero attached hydrogens (tertiary/aromatic N) is 1. The van der Waals surface area contributed by atoms with Crippen molar-refractivity contribution in [1.82, 2.24) is 10.2 Å². The summed E-state index contributed by atoms with van der Waals surface area (Å²) in [5.74, 6) is 0.245. The first kappa shape index (κ1) is 22.9. The number of carbonyl (C=O) groups excluding carboxylic acids is 1. The molecular weight excluding hydrogens is 372 g/mol. The molecule has 2 rings (SSSR count). The summed E-state index contributed by atoms with van der Waals surface area (Å²) in [6, 6.07) is -1.20. The number of hydrogen-bond acceptors (Lipinski definition) is 8. The summed E-state index contributed by atoms with van der Waals surface area (Å²) in [7, 11) is 1.91. The number of amides is 1. The van der Waals surface area contributed by atoms with Crippen LogP contribution in [-0.2, 0) is 9.53 Å². The molecule has 2 heterocycles. The second-order valence-electron chi connectivity index (χ2n) is 7.80. The molecule has 2 aliphatic heterocycles. The van der Waals surface area contributed by atoms with Gasteiger partial charge in [0.25, 0.3) is 0 Å². The van der Waals surface area contributed by atoms with Gasteiger partial charge in [0, 0.05) is 6.54 Å². The third kappa shape index (κ3) is 5.14. The van der Waals surface area contributed by atoms with Crippen molar-refractivity contribution >= 4 is 17.7 Å². The van der Waals surface area contributed by atoms with E-state index in [2.05, 4.69) is 12.2 Å². The van der Waals surface area contributed by atoms with Crippen molar-refractivity contribution in [3.8, 4) is 0 Å². The molecule has 0 aromatic carbocycles. The van der Waals surface area contributed by atoms with E-state index < -0.39 is 42.0 Å². The van der Waals surface area contributed by atoms with Crippen LogP contribution >= 0.6 is 11.8 Å². The SMILES string of the molecule is CCC[C@@H]1C[C@H](C(=O)N[C@H]([C@@H]2O[C@H](SC)[C@H](O)[C@@H](O)[C@@H]2O)[C@@H](C)O)N(C)C1. The summed E-state index contributed by atoms with van der Waals surface area (Å²) < 4.78 is 5.72. The summed E-state index contributed by atoms with van der Waals surface area (Å²) in [6.45, 7) is 4.48. The lowest BCUT2D eigenvalue weighted by Gasteiger charge is -2.44. The Hall–Kier alpha value is -0.420. The van der Waals surface area contributed by atoms with Gasteiger partial charge in [-0.25, -0.2) is 0 Å². The lowest BCUT2D eigenvalue weighted by molar-refractivity contribution is -0.211. The number of ether oxygens (including phenoxy) is 1.